The van der Waals surface area contributed by atoms with Gasteiger partial charge in [-0.05, 0) is 44.0 Å². The zero-order valence-corrected chi connectivity index (χ0v) is 10.6. The third-order valence-corrected chi connectivity index (χ3v) is 2.59. The van der Waals surface area contributed by atoms with E-state index in [1.165, 1.54) is 16.7 Å². The quantitative estimate of drug-likeness (QED) is 0.751. The molecule has 0 heterocycles. The molecular formula is C16H18O. The van der Waals surface area contributed by atoms with E-state index >= 15 is 0 Å². The first kappa shape index (κ1) is 11.7. The van der Waals surface area contributed by atoms with Gasteiger partial charge in [0.05, 0.1) is 6.10 Å². The lowest BCUT2D eigenvalue weighted by Gasteiger charge is -2.11. The van der Waals surface area contributed by atoms with Gasteiger partial charge in [-0.3, -0.25) is 0 Å². The third kappa shape index (κ3) is 3.10. The highest BCUT2D eigenvalue weighted by molar-refractivity contribution is 5.65. The Labute approximate surface area is 103 Å². The summed E-state index contributed by atoms with van der Waals surface area (Å²) in [5, 5.41) is 0. The molecule has 0 amide bonds. The molecule has 0 radical (unpaired) electrons. The van der Waals surface area contributed by atoms with Crippen molar-refractivity contribution in [2.75, 3.05) is 0 Å². The van der Waals surface area contributed by atoms with Gasteiger partial charge >= 0.3 is 0 Å². The summed E-state index contributed by atoms with van der Waals surface area (Å²) < 4.78 is 5.70. The Morgan fingerprint density at radius 1 is 0.882 bits per heavy atom. The molecule has 0 aliphatic carbocycles. The van der Waals surface area contributed by atoms with Crippen molar-refractivity contribution in [3.8, 4) is 16.9 Å². The van der Waals surface area contributed by atoms with Crippen LogP contribution >= 0.6 is 0 Å². The van der Waals surface area contributed by atoms with Gasteiger partial charge in [0.1, 0.15) is 5.75 Å². The van der Waals surface area contributed by atoms with E-state index in [0.29, 0.717) is 0 Å². The molecule has 2 aromatic carbocycles. The average Bonchev–Trinajstić information content (AvgIpc) is 2.29. The van der Waals surface area contributed by atoms with Crippen LogP contribution in [0.1, 0.15) is 19.4 Å². The molecule has 0 spiro atoms. The summed E-state index contributed by atoms with van der Waals surface area (Å²) in [6.07, 6.45) is 0.211. The van der Waals surface area contributed by atoms with Gasteiger partial charge in [-0.2, -0.15) is 0 Å². The van der Waals surface area contributed by atoms with E-state index in [9.17, 15) is 0 Å². The second-order valence-electron chi connectivity index (χ2n) is 4.56. The van der Waals surface area contributed by atoms with Crippen LogP contribution in [0, 0.1) is 6.92 Å². The Kier molecular flexibility index (Phi) is 3.48. The molecule has 0 aliphatic heterocycles. The number of benzene rings is 2. The Bertz CT molecular complexity index is 483. The van der Waals surface area contributed by atoms with Crippen molar-refractivity contribution in [3.63, 3.8) is 0 Å². The molecule has 0 aliphatic rings. The summed E-state index contributed by atoms with van der Waals surface area (Å²) in [5.41, 5.74) is 3.70. The number of ether oxygens (including phenoxy) is 1. The molecule has 2 rings (SSSR count). The van der Waals surface area contributed by atoms with Crippen molar-refractivity contribution < 1.29 is 4.74 Å². The molecule has 0 aromatic heterocycles. The molecule has 0 unspecified atom stereocenters. The van der Waals surface area contributed by atoms with E-state index in [0.717, 1.165) is 5.75 Å². The van der Waals surface area contributed by atoms with Crippen LogP contribution in [0.25, 0.3) is 11.1 Å². The number of hydrogen-bond donors (Lipinski definition) is 0. The second kappa shape index (κ2) is 5.05. The minimum Gasteiger partial charge on any atom is -0.491 e. The molecule has 0 saturated heterocycles. The highest BCUT2D eigenvalue weighted by Gasteiger charge is 2.01. The standard InChI is InChI=1S/C16H18O/c1-12(2)17-16-6-4-5-15(11-16)14-9-7-13(3)8-10-14/h4-12H,1-3H3. The molecule has 2 aromatic rings. The topological polar surface area (TPSA) is 9.23 Å². The van der Waals surface area contributed by atoms with Crippen molar-refractivity contribution in [1.29, 1.82) is 0 Å². The molecule has 0 saturated carbocycles. The van der Waals surface area contributed by atoms with Crippen molar-refractivity contribution in [2.45, 2.75) is 26.9 Å². The fourth-order valence-electron chi connectivity index (χ4n) is 1.77. The summed E-state index contributed by atoms with van der Waals surface area (Å²) in [6.45, 7) is 6.18. The Balaban J connectivity index is 2.29. The Hall–Kier alpha value is -1.76. The van der Waals surface area contributed by atoms with Crippen LogP contribution in [-0.2, 0) is 0 Å². The average molecular weight is 226 g/mol. The summed E-state index contributed by atoms with van der Waals surface area (Å²) in [5.74, 6) is 0.929. The molecule has 88 valence electrons. The molecule has 0 atom stereocenters. The van der Waals surface area contributed by atoms with Gasteiger partial charge in [-0.15, -0.1) is 0 Å². The molecule has 0 fully saturated rings. The Morgan fingerprint density at radius 2 is 1.59 bits per heavy atom. The van der Waals surface area contributed by atoms with E-state index in [1.807, 2.05) is 26.0 Å². The van der Waals surface area contributed by atoms with Gasteiger partial charge < -0.3 is 4.74 Å². The minimum absolute atomic E-state index is 0.211. The predicted molar refractivity (Wildman–Crippen MR) is 72.4 cm³/mol. The SMILES string of the molecule is Cc1ccc(-c2cccc(OC(C)C)c2)cc1. The monoisotopic (exact) mass is 226 g/mol. The molecule has 1 heteroatoms. The van der Waals surface area contributed by atoms with E-state index in [1.54, 1.807) is 0 Å². The highest BCUT2D eigenvalue weighted by atomic mass is 16.5. The van der Waals surface area contributed by atoms with Crippen molar-refractivity contribution in [2.24, 2.45) is 0 Å². The number of aryl methyl sites for hydroxylation is 1. The van der Waals surface area contributed by atoms with Crippen LogP contribution in [0.15, 0.2) is 48.5 Å². The third-order valence-electron chi connectivity index (χ3n) is 2.59. The van der Waals surface area contributed by atoms with Crippen LogP contribution in [0.2, 0.25) is 0 Å². The largest absolute Gasteiger partial charge is 0.491 e. The van der Waals surface area contributed by atoms with Crippen LogP contribution < -0.4 is 4.74 Å². The van der Waals surface area contributed by atoms with Crippen molar-refractivity contribution in [3.05, 3.63) is 54.1 Å². The Morgan fingerprint density at radius 3 is 2.24 bits per heavy atom. The first-order valence-corrected chi connectivity index (χ1v) is 5.99. The van der Waals surface area contributed by atoms with Crippen molar-refractivity contribution >= 4 is 0 Å². The molecule has 17 heavy (non-hydrogen) atoms. The maximum atomic E-state index is 5.70. The lowest BCUT2D eigenvalue weighted by atomic mass is 10.0. The zero-order chi connectivity index (χ0) is 12.3. The molecular weight excluding hydrogens is 208 g/mol. The minimum atomic E-state index is 0.211. The van der Waals surface area contributed by atoms with Gasteiger partial charge in [0.15, 0.2) is 0 Å². The highest BCUT2D eigenvalue weighted by Crippen LogP contribution is 2.24. The number of hydrogen-bond acceptors (Lipinski definition) is 1. The normalized spacial score (nSPS) is 10.6. The van der Waals surface area contributed by atoms with Crippen LogP contribution in [0.5, 0.6) is 5.75 Å². The van der Waals surface area contributed by atoms with Gasteiger partial charge in [-0.25, -0.2) is 0 Å². The smallest absolute Gasteiger partial charge is 0.120 e. The van der Waals surface area contributed by atoms with Crippen LogP contribution in [-0.4, -0.2) is 6.10 Å². The summed E-state index contributed by atoms with van der Waals surface area (Å²) >= 11 is 0. The summed E-state index contributed by atoms with van der Waals surface area (Å²) in [7, 11) is 0. The van der Waals surface area contributed by atoms with E-state index in [2.05, 4.69) is 43.3 Å². The predicted octanol–water partition coefficient (Wildman–Crippen LogP) is 4.45. The first-order chi connectivity index (χ1) is 8.15. The molecule has 0 N–H and O–H groups in total. The molecule has 1 nitrogen and oxygen atoms in total. The first-order valence-electron chi connectivity index (χ1n) is 5.99. The molecule has 0 bridgehead atoms. The van der Waals surface area contributed by atoms with Crippen LogP contribution in [0.4, 0.5) is 0 Å². The van der Waals surface area contributed by atoms with E-state index < -0.39 is 0 Å². The fraction of sp³-hybridized carbons (Fsp3) is 0.250. The lowest BCUT2D eigenvalue weighted by Crippen LogP contribution is -2.05. The van der Waals surface area contributed by atoms with Gasteiger partial charge in [0, 0.05) is 0 Å². The maximum absolute atomic E-state index is 5.70. The van der Waals surface area contributed by atoms with Gasteiger partial charge in [0.25, 0.3) is 0 Å². The van der Waals surface area contributed by atoms with Gasteiger partial charge in [0.2, 0.25) is 0 Å². The maximum Gasteiger partial charge on any atom is 0.120 e. The van der Waals surface area contributed by atoms with Crippen molar-refractivity contribution in [1.82, 2.24) is 0 Å². The van der Waals surface area contributed by atoms with E-state index in [-0.39, 0.29) is 6.10 Å². The van der Waals surface area contributed by atoms with Gasteiger partial charge in [-0.1, -0.05) is 42.0 Å². The number of rotatable bonds is 3. The lowest BCUT2D eigenvalue weighted by molar-refractivity contribution is 0.242. The second-order valence-corrected chi connectivity index (χ2v) is 4.56. The summed E-state index contributed by atoms with van der Waals surface area (Å²) in [4.78, 5) is 0. The fourth-order valence-corrected chi connectivity index (χ4v) is 1.77. The van der Waals surface area contributed by atoms with Crippen LogP contribution in [0.3, 0.4) is 0 Å². The zero-order valence-electron chi connectivity index (χ0n) is 10.6. The summed E-state index contributed by atoms with van der Waals surface area (Å²) in [6, 6.07) is 16.8. The van der Waals surface area contributed by atoms with E-state index in [4.69, 9.17) is 4.74 Å².